The molecule has 2 aromatic carbocycles. The lowest BCUT2D eigenvalue weighted by Gasteiger charge is -2.12. The van der Waals surface area contributed by atoms with E-state index in [1.165, 1.54) is 27.5 Å². The number of ether oxygens (including phenoxy) is 3. The number of aryl methyl sites for hydroxylation is 1. The van der Waals surface area contributed by atoms with Crippen LogP contribution in [0, 0.1) is 12.1 Å². The minimum Gasteiger partial charge on any atom is -0.618 e. The first-order chi connectivity index (χ1) is 10.6. The highest BCUT2D eigenvalue weighted by molar-refractivity contribution is 5.80. The van der Waals surface area contributed by atoms with E-state index in [1.54, 1.807) is 18.2 Å². The van der Waals surface area contributed by atoms with Gasteiger partial charge in [-0.05, 0) is 19.1 Å². The van der Waals surface area contributed by atoms with Crippen molar-refractivity contribution >= 4 is 11.9 Å². The van der Waals surface area contributed by atoms with Crippen LogP contribution in [0.5, 0.6) is 17.2 Å². The van der Waals surface area contributed by atoms with E-state index in [0.29, 0.717) is 28.5 Å². The normalized spacial score (nSPS) is 11.2. The van der Waals surface area contributed by atoms with Crippen molar-refractivity contribution in [3.05, 3.63) is 52.7 Å². The summed E-state index contributed by atoms with van der Waals surface area (Å²) in [7, 11) is 4.62. The topological polar surface area (TPSA) is 53.8 Å². The summed E-state index contributed by atoms with van der Waals surface area (Å²) in [5.41, 5.74) is 2.16. The van der Waals surface area contributed by atoms with E-state index in [-0.39, 0.29) is 0 Å². The molecular weight excluding hydrogens is 282 g/mol. The van der Waals surface area contributed by atoms with Crippen LogP contribution in [0.15, 0.2) is 36.4 Å². The third-order valence-electron chi connectivity index (χ3n) is 3.31. The SMILES string of the molecule is COc1cc(/C=[N+](\[O-])c2ccccc2C)cc(OC)c1OC. The highest BCUT2D eigenvalue weighted by Gasteiger charge is 2.14. The molecule has 0 N–H and O–H groups in total. The Labute approximate surface area is 130 Å². The number of rotatable bonds is 5. The molecule has 0 aliphatic carbocycles. The quantitative estimate of drug-likeness (QED) is 0.368. The van der Waals surface area contributed by atoms with Crippen LogP contribution < -0.4 is 14.2 Å². The van der Waals surface area contributed by atoms with Crippen molar-refractivity contribution in [2.24, 2.45) is 0 Å². The minimum atomic E-state index is 0.496. The van der Waals surface area contributed by atoms with Crippen LogP contribution in [0.1, 0.15) is 11.1 Å². The molecule has 5 heteroatoms. The van der Waals surface area contributed by atoms with Gasteiger partial charge in [0, 0.05) is 17.2 Å². The molecule has 22 heavy (non-hydrogen) atoms. The van der Waals surface area contributed by atoms with E-state index >= 15 is 0 Å². The molecule has 0 aliphatic rings. The third-order valence-corrected chi connectivity index (χ3v) is 3.31. The predicted octanol–water partition coefficient (Wildman–Crippen LogP) is 3.28. The number of methoxy groups -OCH3 is 3. The molecule has 2 aromatic rings. The zero-order chi connectivity index (χ0) is 16.1. The van der Waals surface area contributed by atoms with Gasteiger partial charge in [-0.1, -0.05) is 18.2 Å². The molecule has 0 saturated heterocycles. The Balaban J connectivity index is 2.49. The number of benzene rings is 2. The first kappa shape index (κ1) is 15.7. The molecule has 0 atom stereocenters. The summed E-state index contributed by atoms with van der Waals surface area (Å²) < 4.78 is 16.7. The zero-order valence-electron chi connectivity index (χ0n) is 13.1. The maximum absolute atomic E-state index is 12.3. The van der Waals surface area contributed by atoms with Crippen LogP contribution >= 0.6 is 0 Å². The van der Waals surface area contributed by atoms with Crippen LogP contribution in [0.2, 0.25) is 0 Å². The van der Waals surface area contributed by atoms with Gasteiger partial charge in [0.05, 0.1) is 21.3 Å². The number of para-hydroxylation sites is 1. The Morgan fingerprint density at radius 3 is 2.05 bits per heavy atom. The molecule has 0 spiro atoms. The summed E-state index contributed by atoms with van der Waals surface area (Å²) in [4.78, 5) is 0. The Morgan fingerprint density at radius 1 is 0.955 bits per heavy atom. The smallest absolute Gasteiger partial charge is 0.219 e. The maximum Gasteiger partial charge on any atom is 0.219 e. The predicted molar refractivity (Wildman–Crippen MR) is 85.7 cm³/mol. The fraction of sp³-hybridized carbons (Fsp3) is 0.235. The van der Waals surface area contributed by atoms with Gasteiger partial charge in [-0.25, -0.2) is 0 Å². The molecule has 0 bridgehead atoms. The summed E-state index contributed by atoms with van der Waals surface area (Å²) in [6.07, 6.45) is 1.48. The molecule has 0 unspecified atom stereocenters. The van der Waals surface area contributed by atoms with Crippen LogP contribution in [-0.2, 0) is 0 Å². The van der Waals surface area contributed by atoms with Crippen molar-refractivity contribution in [2.75, 3.05) is 21.3 Å². The van der Waals surface area contributed by atoms with Crippen molar-refractivity contribution in [1.29, 1.82) is 0 Å². The van der Waals surface area contributed by atoms with E-state index in [4.69, 9.17) is 14.2 Å². The molecule has 116 valence electrons. The molecule has 0 aliphatic heterocycles. The van der Waals surface area contributed by atoms with Crippen molar-refractivity contribution in [3.63, 3.8) is 0 Å². The number of hydrogen-bond acceptors (Lipinski definition) is 4. The van der Waals surface area contributed by atoms with Crippen LogP contribution in [-0.4, -0.2) is 32.3 Å². The summed E-state index contributed by atoms with van der Waals surface area (Å²) >= 11 is 0. The average molecular weight is 301 g/mol. The van der Waals surface area contributed by atoms with Gasteiger partial charge < -0.3 is 19.4 Å². The number of hydrogen-bond donors (Lipinski definition) is 0. The molecule has 0 heterocycles. The summed E-state index contributed by atoms with van der Waals surface area (Å²) in [6.45, 7) is 1.89. The molecular formula is C17H19NO4. The summed E-state index contributed by atoms with van der Waals surface area (Å²) in [5.74, 6) is 1.51. The monoisotopic (exact) mass is 301 g/mol. The second kappa shape index (κ2) is 6.85. The zero-order valence-corrected chi connectivity index (χ0v) is 13.1. The first-order valence-corrected chi connectivity index (χ1v) is 6.77. The second-order valence-corrected chi connectivity index (χ2v) is 4.70. The minimum absolute atomic E-state index is 0.496. The van der Waals surface area contributed by atoms with Crippen molar-refractivity contribution < 1.29 is 18.9 Å². The van der Waals surface area contributed by atoms with Crippen molar-refractivity contribution in [1.82, 2.24) is 0 Å². The van der Waals surface area contributed by atoms with Gasteiger partial charge in [-0.15, -0.1) is 0 Å². The first-order valence-electron chi connectivity index (χ1n) is 6.77. The maximum atomic E-state index is 12.3. The standard InChI is InChI=1S/C17H19NO4/c1-12-7-5-6-8-14(12)18(19)11-13-9-15(20-2)17(22-4)16(10-13)21-3/h5-11H,1-4H3/b18-11-. The Bertz CT molecular complexity index is 670. The van der Waals surface area contributed by atoms with Gasteiger partial charge in [-0.3, -0.25) is 0 Å². The van der Waals surface area contributed by atoms with Gasteiger partial charge in [0.25, 0.3) is 0 Å². The second-order valence-electron chi connectivity index (χ2n) is 4.70. The van der Waals surface area contributed by atoms with Gasteiger partial charge in [0.15, 0.2) is 17.7 Å². The van der Waals surface area contributed by atoms with Crippen LogP contribution in [0.3, 0.4) is 0 Å². The highest BCUT2D eigenvalue weighted by atomic mass is 16.5. The lowest BCUT2D eigenvalue weighted by Crippen LogP contribution is -2.02. The largest absolute Gasteiger partial charge is 0.618 e. The van der Waals surface area contributed by atoms with E-state index in [1.807, 2.05) is 25.1 Å². The van der Waals surface area contributed by atoms with Gasteiger partial charge >= 0.3 is 0 Å². The Kier molecular flexibility index (Phi) is 4.88. The van der Waals surface area contributed by atoms with Gasteiger partial charge in [-0.2, -0.15) is 4.74 Å². The number of nitrogens with zero attached hydrogens (tertiary/aromatic N) is 1. The molecule has 0 saturated carbocycles. The Hall–Kier alpha value is -2.69. The van der Waals surface area contributed by atoms with Gasteiger partial charge in [0.2, 0.25) is 11.4 Å². The van der Waals surface area contributed by atoms with Crippen molar-refractivity contribution in [3.8, 4) is 17.2 Å². The molecule has 0 radical (unpaired) electrons. The van der Waals surface area contributed by atoms with Crippen LogP contribution in [0.4, 0.5) is 5.69 Å². The van der Waals surface area contributed by atoms with E-state index in [9.17, 15) is 5.21 Å². The average Bonchev–Trinajstić information content (AvgIpc) is 2.54. The molecule has 0 amide bonds. The lowest BCUT2D eigenvalue weighted by atomic mass is 10.2. The lowest BCUT2D eigenvalue weighted by molar-refractivity contribution is -0.355. The van der Waals surface area contributed by atoms with E-state index < -0.39 is 0 Å². The highest BCUT2D eigenvalue weighted by Crippen LogP contribution is 2.37. The van der Waals surface area contributed by atoms with Gasteiger partial charge in [0.1, 0.15) is 0 Å². The summed E-state index contributed by atoms with van der Waals surface area (Å²) in [6, 6.07) is 10.8. The molecule has 0 fully saturated rings. The summed E-state index contributed by atoms with van der Waals surface area (Å²) in [5, 5.41) is 12.3. The molecule has 0 aromatic heterocycles. The molecule has 5 nitrogen and oxygen atoms in total. The third kappa shape index (κ3) is 3.14. The fourth-order valence-corrected chi connectivity index (χ4v) is 2.19. The van der Waals surface area contributed by atoms with E-state index in [0.717, 1.165) is 10.3 Å². The fourth-order valence-electron chi connectivity index (χ4n) is 2.19. The van der Waals surface area contributed by atoms with Crippen LogP contribution in [0.25, 0.3) is 0 Å². The Morgan fingerprint density at radius 2 is 1.55 bits per heavy atom. The van der Waals surface area contributed by atoms with Crippen molar-refractivity contribution in [2.45, 2.75) is 6.92 Å². The molecule has 2 rings (SSSR count). The van der Waals surface area contributed by atoms with E-state index in [2.05, 4.69) is 0 Å².